The summed E-state index contributed by atoms with van der Waals surface area (Å²) in [7, 11) is -0.525. The summed E-state index contributed by atoms with van der Waals surface area (Å²) in [5, 5.41) is 1.77. The van der Waals surface area contributed by atoms with Crippen molar-refractivity contribution in [2.45, 2.75) is 39.3 Å². The minimum atomic E-state index is -0.525. The van der Waals surface area contributed by atoms with Crippen molar-refractivity contribution in [1.82, 2.24) is 0 Å². The molecule has 68 valence electrons. The Morgan fingerprint density at radius 3 is 2.75 bits per heavy atom. The Morgan fingerprint density at radius 2 is 2.17 bits per heavy atom. The second-order valence-electron chi connectivity index (χ2n) is 3.95. The smallest absolute Gasteiger partial charge is 0.0603 e. The van der Waals surface area contributed by atoms with E-state index in [1.807, 2.05) is 0 Å². The molecule has 1 rings (SSSR count). The summed E-state index contributed by atoms with van der Waals surface area (Å²) in [6.07, 6.45) is 11.1. The lowest BCUT2D eigenvalue weighted by Crippen LogP contribution is -2.12. The molecule has 0 heterocycles. The van der Waals surface area contributed by atoms with Crippen LogP contribution >= 0.6 is 0 Å². The van der Waals surface area contributed by atoms with Crippen molar-refractivity contribution in [3.05, 3.63) is 23.4 Å². The van der Waals surface area contributed by atoms with Crippen LogP contribution in [0.25, 0.3) is 0 Å². The van der Waals surface area contributed by atoms with Crippen molar-refractivity contribution in [3.63, 3.8) is 0 Å². The molecule has 0 fully saturated rings. The molecule has 1 aliphatic carbocycles. The highest BCUT2D eigenvalue weighted by molar-refractivity contribution is 6.64. The first-order chi connectivity index (χ1) is 5.75. The summed E-state index contributed by atoms with van der Waals surface area (Å²) in [4.78, 5) is 0. The van der Waals surface area contributed by atoms with Gasteiger partial charge in [0.05, 0.1) is 8.80 Å². The Balaban J connectivity index is 2.44. The van der Waals surface area contributed by atoms with Crippen molar-refractivity contribution in [3.8, 4) is 0 Å². The predicted molar refractivity (Wildman–Crippen MR) is 59.1 cm³/mol. The first-order valence-corrected chi connectivity index (χ1v) is 8.02. The van der Waals surface area contributed by atoms with Gasteiger partial charge in [-0.1, -0.05) is 56.3 Å². The van der Waals surface area contributed by atoms with Gasteiger partial charge in [0.1, 0.15) is 0 Å². The molecule has 0 N–H and O–H groups in total. The molecule has 0 nitrogen and oxygen atoms in total. The second kappa shape index (κ2) is 4.66. The van der Waals surface area contributed by atoms with Gasteiger partial charge < -0.3 is 0 Å². The van der Waals surface area contributed by atoms with Crippen LogP contribution in [0.5, 0.6) is 0 Å². The van der Waals surface area contributed by atoms with Crippen LogP contribution in [0.1, 0.15) is 26.2 Å². The van der Waals surface area contributed by atoms with Crippen LogP contribution in [-0.4, -0.2) is 8.80 Å². The first-order valence-electron chi connectivity index (χ1n) is 5.14. The van der Waals surface area contributed by atoms with Gasteiger partial charge in [-0.3, -0.25) is 0 Å². The van der Waals surface area contributed by atoms with Crippen LogP contribution in [0.2, 0.25) is 13.1 Å². The topological polar surface area (TPSA) is 0 Å². The van der Waals surface area contributed by atoms with Gasteiger partial charge in [-0.05, 0) is 12.3 Å². The molecule has 1 unspecified atom stereocenters. The molecule has 1 heteroatoms. The van der Waals surface area contributed by atoms with Gasteiger partial charge in [0.15, 0.2) is 0 Å². The van der Waals surface area contributed by atoms with E-state index in [4.69, 9.17) is 0 Å². The lowest BCUT2D eigenvalue weighted by atomic mass is 10.0. The SMILES string of the molecule is CCCCC1C=CC=C1[SiH](C)C. The van der Waals surface area contributed by atoms with Gasteiger partial charge >= 0.3 is 0 Å². The average Bonchev–Trinajstić information content (AvgIpc) is 2.48. The summed E-state index contributed by atoms with van der Waals surface area (Å²) < 4.78 is 0. The third-order valence-corrected chi connectivity index (χ3v) is 4.55. The highest BCUT2D eigenvalue weighted by Crippen LogP contribution is 2.26. The number of unbranched alkanes of at least 4 members (excludes halogenated alkanes) is 1. The van der Waals surface area contributed by atoms with Crippen LogP contribution in [0, 0.1) is 5.92 Å². The van der Waals surface area contributed by atoms with Crippen LogP contribution in [0.4, 0.5) is 0 Å². The van der Waals surface area contributed by atoms with E-state index in [-0.39, 0.29) is 0 Å². The first kappa shape index (κ1) is 9.78. The maximum atomic E-state index is 2.43. The molecule has 1 atom stereocenters. The molecule has 0 aromatic carbocycles. The van der Waals surface area contributed by atoms with Gasteiger partial charge in [0, 0.05) is 0 Å². The third-order valence-electron chi connectivity index (χ3n) is 2.60. The minimum absolute atomic E-state index is 0.525. The highest BCUT2D eigenvalue weighted by atomic mass is 28.3. The van der Waals surface area contributed by atoms with Crippen LogP contribution in [0.15, 0.2) is 23.4 Å². The van der Waals surface area contributed by atoms with E-state index < -0.39 is 8.80 Å². The number of hydrogen-bond donors (Lipinski definition) is 0. The molecule has 0 aliphatic heterocycles. The second-order valence-corrected chi connectivity index (χ2v) is 6.93. The zero-order valence-corrected chi connectivity index (χ0v) is 9.66. The highest BCUT2D eigenvalue weighted by Gasteiger charge is 2.16. The van der Waals surface area contributed by atoms with E-state index in [2.05, 4.69) is 38.2 Å². The van der Waals surface area contributed by atoms with Crippen LogP contribution in [0.3, 0.4) is 0 Å². The van der Waals surface area contributed by atoms with Gasteiger partial charge in [-0.15, -0.1) is 0 Å². The molecule has 0 radical (unpaired) electrons. The number of hydrogen-bond acceptors (Lipinski definition) is 0. The normalized spacial score (nSPS) is 22.0. The maximum Gasteiger partial charge on any atom is 0.0603 e. The Morgan fingerprint density at radius 1 is 1.42 bits per heavy atom. The summed E-state index contributed by atoms with van der Waals surface area (Å²) in [6.45, 7) is 7.13. The molecule has 12 heavy (non-hydrogen) atoms. The summed E-state index contributed by atoms with van der Waals surface area (Å²) in [5.74, 6) is 0.816. The van der Waals surface area contributed by atoms with E-state index in [1.165, 1.54) is 19.3 Å². The fourth-order valence-electron chi connectivity index (χ4n) is 1.84. The molecule has 0 saturated heterocycles. The Hall–Kier alpha value is -0.303. The summed E-state index contributed by atoms with van der Waals surface area (Å²) in [5.41, 5.74) is 0. The van der Waals surface area contributed by atoms with Gasteiger partial charge in [0.25, 0.3) is 0 Å². The predicted octanol–water partition coefficient (Wildman–Crippen LogP) is 3.31. The maximum absolute atomic E-state index is 2.43. The lowest BCUT2D eigenvalue weighted by Gasteiger charge is -2.15. The molecular weight excluding hydrogens is 160 g/mol. The lowest BCUT2D eigenvalue weighted by molar-refractivity contribution is 0.638. The minimum Gasteiger partial charge on any atom is -0.0779 e. The molecule has 0 aromatic heterocycles. The Kier molecular flexibility index (Phi) is 3.80. The Labute approximate surface area is 78.0 Å². The molecule has 0 spiro atoms. The van der Waals surface area contributed by atoms with E-state index >= 15 is 0 Å². The average molecular weight is 180 g/mol. The fourth-order valence-corrected chi connectivity index (χ4v) is 3.47. The van der Waals surface area contributed by atoms with Crippen molar-refractivity contribution < 1.29 is 0 Å². The van der Waals surface area contributed by atoms with Crippen LogP contribution in [-0.2, 0) is 0 Å². The van der Waals surface area contributed by atoms with Gasteiger partial charge in [-0.25, -0.2) is 0 Å². The molecule has 1 aliphatic rings. The standard InChI is InChI=1S/C11H20Si/c1-4-5-7-10-8-6-9-11(10)12(2)3/h6,8-10,12H,4-5,7H2,1-3H3. The van der Waals surface area contributed by atoms with E-state index in [0.29, 0.717) is 0 Å². The Bertz CT molecular complexity index is 189. The van der Waals surface area contributed by atoms with Gasteiger partial charge in [-0.2, -0.15) is 0 Å². The molecular formula is C11H20Si. The summed E-state index contributed by atoms with van der Waals surface area (Å²) >= 11 is 0. The van der Waals surface area contributed by atoms with E-state index in [0.717, 1.165) is 5.92 Å². The molecule has 0 saturated carbocycles. The zero-order chi connectivity index (χ0) is 8.97. The van der Waals surface area contributed by atoms with Crippen molar-refractivity contribution in [2.24, 2.45) is 5.92 Å². The molecule has 0 bridgehead atoms. The van der Waals surface area contributed by atoms with Crippen molar-refractivity contribution in [2.75, 3.05) is 0 Å². The number of allylic oxidation sites excluding steroid dienone is 4. The monoisotopic (exact) mass is 180 g/mol. The zero-order valence-electron chi connectivity index (χ0n) is 8.51. The van der Waals surface area contributed by atoms with E-state index in [9.17, 15) is 0 Å². The molecule has 0 aromatic rings. The van der Waals surface area contributed by atoms with Crippen LogP contribution < -0.4 is 0 Å². The number of rotatable bonds is 4. The fraction of sp³-hybridized carbons (Fsp3) is 0.636. The summed E-state index contributed by atoms with van der Waals surface area (Å²) in [6, 6.07) is 0. The third kappa shape index (κ3) is 2.34. The molecule has 0 amide bonds. The van der Waals surface area contributed by atoms with Crippen molar-refractivity contribution >= 4 is 8.80 Å². The van der Waals surface area contributed by atoms with E-state index in [1.54, 1.807) is 5.20 Å². The van der Waals surface area contributed by atoms with Crippen molar-refractivity contribution in [1.29, 1.82) is 0 Å². The largest absolute Gasteiger partial charge is 0.0779 e. The van der Waals surface area contributed by atoms with Gasteiger partial charge in [0.2, 0.25) is 0 Å². The quantitative estimate of drug-likeness (QED) is 0.582.